The number of rotatable bonds is 2. The van der Waals surface area contributed by atoms with Gasteiger partial charge in [-0.2, -0.15) is 0 Å². The molecular formula is C7H12O2. The van der Waals surface area contributed by atoms with Crippen LogP contribution < -0.4 is 0 Å². The summed E-state index contributed by atoms with van der Waals surface area (Å²) in [5.41, 5.74) is 0. The number of ether oxygens (including phenoxy) is 1. The maximum absolute atomic E-state index is 10.5. The highest BCUT2D eigenvalue weighted by molar-refractivity contribution is 5.77. The summed E-state index contributed by atoms with van der Waals surface area (Å²) in [6.45, 7) is 4.02. The molecule has 1 aliphatic rings. The van der Waals surface area contributed by atoms with E-state index in [9.17, 15) is 4.79 Å². The Labute approximate surface area is 55.2 Å². The topological polar surface area (TPSA) is 26.3 Å². The zero-order valence-electron chi connectivity index (χ0n) is 5.89. The van der Waals surface area contributed by atoms with E-state index in [0.717, 1.165) is 12.8 Å². The standard InChI is InChI=1S/C7H12O2/c1-3-4-6-5(2)7(8)9-6/h5-6H,3-4H2,1-2H3/t5-,6-/m1/s1. The molecule has 1 heterocycles. The fourth-order valence-electron chi connectivity index (χ4n) is 1.03. The highest BCUT2D eigenvalue weighted by atomic mass is 16.6. The van der Waals surface area contributed by atoms with Gasteiger partial charge in [0.25, 0.3) is 0 Å². The fourth-order valence-corrected chi connectivity index (χ4v) is 1.03. The maximum Gasteiger partial charge on any atom is 0.312 e. The van der Waals surface area contributed by atoms with Crippen molar-refractivity contribution in [2.45, 2.75) is 32.8 Å². The Hall–Kier alpha value is -0.530. The molecule has 1 saturated heterocycles. The van der Waals surface area contributed by atoms with E-state index in [-0.39, 0.29) is 18.0 Å². The molecule has 0 unspecified atom stereocenters. The lowest BCUT2D eigenvalue weighted by Crippen LogP contribution is -2.42. The Morgan fingerprint density at radius 1 is 1.67 bits per heavy atom. The van der Waals surface area contributed by atoms with Crippen LogP contribution in [0, 0.1) is 5.92 Å². The van der Waals surface area contributed by atoms with Crippen LogP contribution in [0.5, 0.6) is 0 Å². The molecule has 0 saturated carbocycles. The summed E-state index contributed by atoms with van der Waals surface area (Å²) in [5, 5.41) is 0. The number of carbonyl (C=O) groups is 1. The Kier molecular flexibility index (Phi) is 1.74. The van der Waals surface area contributed by atoms with Crippen molar-refractivity contribution in [3.8, 4) is 0 Å². The van der Waals surface area contributed by atoms with Gasteiger partial charge in [0.05, 0.1) is 5.92 Å². The van der Waals surface area contributed by atoms with E-state index in [1.54, 1.807) is 0 Å². The highest BCUT2D eigenvalue weighted by Crippen LogP contribution is 2.24. The largest absolute Gasteiger partial charge is 0.461 e. The van der Waals surface area contributed by atoms with Crippen LogP contribution in [-0.4, -0.2) is 12.1 Å². The van der Waals surface area contributed by atoms with Crippen molar-refractivity contribution in [1.82, 2.24) is 0 Å². The lowest BCUT2D eigenvalue weighted by Gasteiger charge is -2.32. The van der Waals surface area contributed by atoms with E-state index in [2.05, 4.69) is 6.92 Å². The van der Waals surface area contributed by atoms with Crippen LogP contribution >= 0.6 is 0 Å². The predicted octanol–water partition coefficient (Wildman–Crippen LogP) is 1.35. The van der Waals surface area contributed by atoms with Crippen molar-refractivity contribution in [2.24, 2.45) is 5.92 Å². The van der Waals surface area contributed by atoms with E-state index < -0.39 is 0 Å². The summed E-state index contributed by atoms with van der Waals surface area (Å²) in [6, 6.07) is 0. The molecule has 1 fully saturated rings. The first-order valence-electron chi connectivity index (χ1n) is 3.46. The first-order chi connectivity index (χ1) is 4.25. The van der Waals surface area contributed by atoms with Gasteiger partial charge in [0.15, 0.2) is 0 Å². The van der Waals surface area contributed by atoms with Gasteiger partial charge in [0, 0.05) is 0 Å². The monoisotopic (exact) mass is 128 g/mol. The number of hydrogen-bond donors (Lipinski definition) is 0. The van der Waals surface area contributed by atoms with Crippen molar-refractivity contribution in [3.05, 3.63) is 0 Å². The van der Waals surface area contributed by atoms with Gasteiger partial charge in [-0.3, -0.25) is 4.79 Å². The molecule has 2 atom stereocenters. The molecule has 1 aliphatic heterocycles. The molecule has 0 radical (unpaired) electrons. The molecule has 0 aromatic rings. The number of esters is 1. The van der Waals surface area contributed by atoms with Crippen LogP contribution in [0.1, 0.15) is 26.7 Å². The molecule has 0 amide bonds. The highest BCUT2D eigenvalue weighted by Gasteiger charge is 2.37. The summed E-state index contributed by atoms with van der Waals surface area (Å²) in [5.74, 6) is 0.124. The van der Waals surface area contributed by atoms with Gasteiger partial charge in [-0.05, 0) is 13.3 Å². The van der Waals surface area contributed by atoms with Crippen molar-refractivity contribution < 1.29 is 9.53 Å². The third-order valence-electron chi connectivity index (χ3n) is 1.77. The van der Waals surface area contributed by atoms with Crippen LogP contribution in [-0.2, 0) is 9.53 Å². The van der Waals surface area contributed by atoms with Crippen LogP contribution in [0.25, 0.3) is 0 Å². The number of cyclic esters (lactones) is 1. The molecule has 1 rings (SSSR count). The Bertz CT molecular complexity index is 120. The number of carbonyl (C=O) groups excluding carboxylic acids is 1. The van der Waals surface area contributed by atoms with Crippen LogP contribution in [0.15, 0.2) is 0 Å². The molecule has 52 valence electrons. The Morgan fingerprint density at radius 3 is 2.67 bits per heavy atom. The average Bonchev–Trinajstić information content (AvgIpc) is 1.88. The molecule has 0 aromatic carbocycles. The van der Waals surface area contributed by atoms with Crippen molar-refractivity contribution in [3.63, 3.8) is 0 Å². The molecule has 0 aromatic heterocycles. The van der Waals surface area contributed by atoms with Crippen molar-refractivity contribution in [1.29, 1.82) is 0 Å². The van der Waals surface area contributed by atoms with Crippen LogP contribution in [0.4, 0.5) is 0 Å². The van der Waals surface area contributed by atoms with E-state index in [1.807, 2.05) is 6.92 Å². The first-order valence-corrected chi connectivity index (χ1v) is 3.46. The Balaban J connectivity index is 2.25. The second kappa shape index (κ2) is 2.38. The number of hydrogen-bond acceptors (Lipinski definition) is 2. The van der Waals surface area contributed by atoms with Gasteiger partial charge >= 0.3 is 5.97 Å². The van der Waals surface area contributed by atoms with Gasteiger partial charge in [-0.15, -0.1) is 0 Å². The van der Waals surface area contributed by atoms with Crippen molar-refractivity contribution >= 4 is 5.97 Å². The SMILES string of the molecule is CCC[C@H]1OC(=O)[C@@H]1C. The normalized spacial score (nSPS) is 33.3. The van der Waals surface area contributed by atoms with Gasteiger partial charge < -0.3 is 4.74 Å². The van der Waals surface area contributed by atoms with Gasteiger partial charge in [-0.1, -0.05) is 13.3 Å². The average molecular weight is 128 g/mol. The van der Waals surface area contributed by atoms with E-state index in [1.165, 1.54) is 0 Å². The third kappa shape index (κ3) is 1.07. The molecule has 2 nitrogen and oxygen atoms in total. The minimum absolute atomic E-state index is 0.0338. The summed E-state index contributed by atoms with van der Waals surface area (Å²) >= 11 is 0. The first kappa shape index (κ1) is 6.59. The third-order valence-corrected chi connectivity index (χ3v) is 1.77. The lowest BCUT2D eigenvalue weighted by molar-refractivity contribution is -0.183. The maximum atomic E-state index is 10.5. The zero-order valence-corrected chi connectivity index (χ0v) is 5.89. The van der Waals surface area contributed by atoms with Crippen molar-refractivity contribution in [2.75, 3.05) is 0 Å². The van der Waals surface area contributed by atoms with Crippen LogP contribution in [0.3, 0.4) is 0 Å². The molecular weight excluding hydrogens is 116 g/mol. The summed E-state index contributed by atoms with van der Waals surface area (Å²) in [6.07, 6.45) is 2.34. The lowest BCUT2D eigenvalue weighted by atomic mass is 9.96. The molecule has 2 heteroatoms. The molecule has 0 spiro atoms. The Morgan fingerprint density at radius 2 is 2.33 bits per heavy atom. The summed E-state index contributed by atoms with van der Waals surface area (Å²) in [7, 11) is 0. The van der Waals surface area contributed by atoms with Gasteiger partial charge in [-0.25, -0.2) is 0 Å². The fraction of sp³-hybridized carbons (Fsp3) is 0.857. The van der Waals surface area contributed by atoms with Gasteiger partial charge in [0.1, 0.15) is 6.10 Å². The quantitative estimate of drug-likeness (QED) is 0.525. The van der Waals surface area contributed by atoms with E-state index in [0.29, 0.717) is 0 Å². The smallest absolute Gasteiger partial charge is 0.312 e. The van der Waals surface area contributed by atoms with Crippen LogP contribution in [0.2, 0.25) is 0 Å². The van der Waals surface area contributed by atoms with E-state index in [4.69, 9.17) is 4.74 Å². The van der Waals surface area contributed by atoms with E-state index >= 15 is 0 Å². The predicted molar refractivity (Wildman–Crippen MR) is 34.0 cm³/mol. The molecule has 0 aliphatic carbocycles. The molecule has 9 heavy (non-hydrogen) atoms. The molecule has 0 N–H and O–H groups in total. The van der Waals surface area contributed by atoms with Gasteiger partial charge in [0.2, 0.25) is 0 Å². The molecule has 0 bridgehead atoms. The zero-order chi connectivity index (χ0) is 6.85. The minimum atomic E-state index is -0.0338. The second-order valence-electron chi connectivity index (χ2n) is 2.55. The summed E-state index contributed by atoms with van der Waals surface area (Å²) < 4.78 is 4.85. The summed E-state index contributed by atoms with van der Waals surface area (Å²) in [4.78, 5) is 10.5. The second-order valence-corrected chi connectivity index (χ2v) is 2.55. The minimum Gasteiger partial charge on any atom is -0.461 e.